The molecule has 2 heterocycles. The number of fused-ring (bicyclic) bond motifs is 1. The number of hydrogen-bond donors (Lipinski definition) is 2. The third-order valence-corrected chi connectivity index (χ3v) is 7.24. The highest BCUT2D eigenvalue weighted by molar-refractivity contribution is 5.82. The van der Waals surface area contributed by atoms with E-state index < -0.39 is 0 Å². The van der Waals surface area contributed by atoms with Crippen molar-refractivity contribution in [3.63, 3.8) is 0 Å². The minimum absolute atomic E-state index is 0.0283. The lowest BCUT2D eigenvalue weighted by molar-refractivity contribution is -0.149. The molecule has 5 rings (SSSR count). The first kappa shape index (κ1) is 24.8. The first-order chi connectivity index (χ1) is 17.8. The quantitative estimate of drug-likeness (QED) is 0.343. The number of nitrogens with one attached hydrogen (secondary N) is 2. The minimum atomic E-state index is -0.123. The lowest BCUT2D eigenvalue weighted by Gasteiger charge is -2.32. The van der Waals surface area contributed by atoms with Crippen LogP contribution in [0, 0.1) is 5.92 Å². The van der Waals surface area contributed by atoms with Crippen molar-refractivity contribution in [3.05, 3.63) is 77.9 Å². The molecular formula is C30H36N2O4. The van der Waals surface area contributed by atoms with Gasteiger partial charge in [-0.05, 0) is 72.5 Å². The molecule has 0 spiro atoms. The van der Waals surface area contributed by atoms with Crippen molar-refractivity contribution in [1.29, 1.82) is 0 Å². The number of carbonyl (C=O) groups excluding carboxylic acids is 1. The van der Waals surface area contributed by atoms with Gasteiger partial charge in [0.05, 0.1) is 18.6 Å². The predicted octanol–water partition coefficient (Wildman–Crippen LogP) is 4.42. The maximum atomic E-state index is 12.1. The fourth-order valence-corrected chi connectivity index (χ4v) is 5.20. The van der Waals surface area contributed by atoms with Crippen molar-refractivity contribution in [3.8, 4) is 5.75 Å². The van der Waals surface area contributed by atoms with Crippen LogP contribution in [0.4, 0.5) is 0 Å². The van der Waals surface area contributed by atoms with Gasteiger partial charge in [0.2, 0.25) is 0 Å². The van der Waals surface area contributed by atoms with Crippen LogP contribution in [0.2, 0.25) is 0 Å². The lowest BCUT2D eigenvalue weighted by atomic mass is 9.87. The van der Waals surface area contributed by atoms with E-state index in [4.69, 9.17) is 14.2 Å². The summed E-state index contributed by atoms with van der Waals surface area (Å²) in [6.07, 6.45) is 3.08. The summed E-state index contributed by atoms with van der Waals surface area (Å²) in [5, 5.41) is 9.22. The van der Waals surface area contributed by atoms with Crippen molar-refractivity contribution in [2.45, 2.75) is 37.9 Å². The van der Waals surface area contributed by atoms with E-state index in [0.29, 0.717) is 25.7 Å². The van der Waals surface area contributed by atoms with Crippen LogP contribution in [0.25, 0.3) is 10.8 Å². The molecule has 0 amide bonds. The van der Waals surface area contributed by atoms with Gasteiger partial charge in [-0.3, -0.25) is 4.79 Å². The smallest absolute Gasteiger partial charge is 0.310 e. The summed E-state index contributed by atoms with van der Waals surface area (Å²) in [7, 11) is 0. The molecule has 2 aliphatic rings. The van der Waals surface area contributed by atoms with Crippen LogP contribution in [0.15, 0.2) is 66.7 Å². The molecule has 6 nitrogen and oxygen atoms in total. The predicted molar refractivity (Wildman–Crippen MR) is 141 cm³/mol. The zero-order chi connectivity index (χ0) is 24.6. The zero-order valence-electron chi connectivity index (χ0n) is 20.8. The van der Waals surface area contributed by atoms with Crippen molar-refractivity contribution >= 4 is 16.7 Å². The Hall–Kier alpha value is -2.93. The fourth-order valence-electron chi connectivity index (χ4n) is 5.20. The summed E-state index contributed by atoms with van der Waals surface area (Å²) in [6, 6.07) is 23.2. The SMILES string of the molecule is O=C(OCCOc1ccc(C2CCNCC2OCc2ccc3ccccc3c2)cc1)C1CCCNC1. The van der Waals surface area contributed by atoms with Gasteiger partial charge >= 0.3 is 5.97 Å². The number of piperidine rings is 2. The Balaban J connectivity index is 1.11. The Kier molecular flexibility index (Phi) is 8.49. The second-order valence-corrected chi connectivity index (χ2v) is 9.76. The van der Waals surface area contributed by atoms with Gasteiger partial charge in [-0.1, -0.05) is 48.5 Å². The Labute approximate surface area is 213 Å². The Morgan fingerprint density at radius 2 is 1.69 bits per heavy atom. The summed E-state index contributed by atoms with van der Waals surface area (Å²) in [5.74, 6) is 0.976. The van der Waals surface area contributed by atoms with Crippen LogP contribution in [-0.4, -0.2) is 51.5 Å². The monoisotopic (exact) mass is 488 g/mol. The summed E-state index contributed by atoms with van der Waals surface area (Å²) in [4.78, 5) is 12.1. The second-order valence-electron chi connectivity index (χ2n) is 9.76. The molecule has 36 heavy (non-hydrogen) atoms. The summed E-state index contributed by atoms with van der Waals surface area (Å²) in [6.45, 7) is 4.76. The maximum absolute atomic E-state index is 12.1. The van der Waals surface area contributed by atoms with Crippen LogP contribution in [0.1, 0.15) is 36.3 Å². The fraction of sp³-hybridized carbons (Fsp3) is 0.433. The van der Waals surface area contributed by atoms with Gasteiger partial charge < -0.3 is 24.8 Å². The molecule has 3 aromatic carbocycles. The van der Waals surface area contributed by atoms with Crippen molar-refractivity contribution in [2.75, 3.05) is 39.4 Å². The van der Waals surface area contributed by atoms with E-state index in [1.807, 2.05) is 12.1 Å². The van der Waals surface area contributed by atoms with Gasteiger partial charge in [0.15, 0.2) is 0 Å². The maximum Gasteiger partial charge on any atom is 0.310 e. The third-order valence-electron chi connectivity index (χ3n) is 7.24. The van der Waals surface area contributed by atoms with E-state index in [1.165, 1.54) is 21.9 Å². The van der Waals surface area contributed by atoms with Crippen molar-refractivity contribution < 1.29 is 19.0 Å². The molecule has 0 radical (unpaired) electrons. The van der Waals surface area contributed by atoms with Crippen molar-refractivity contribution in [1.82, 2.24) is 10.6 Å². The molecule has 0 saturated carbocycles. The van der Waals surface area contributed by atoms with Crippen LogP contribution in [-0.2, 0) is 20.9 Å². The van der Waals surface area contributed by atoms with Crippen LogP contribution in [0.3, 0.4) is 0 Å². The molecule has 6 heteroatoms. The Morgan fingerprint density at radius 3 is 2.53 bits per heavy atom. The van der Waals surface area contributed by atoms with Crippen LogP contribution >= 0.6 is 0 Å². The van der Waals surface area contributed by atoms with Crippen LogP contribution in [0.5, 0.6) is 5.75 Å². The number of benzene rings is 3. The van der Waals surface area contributed by atoms with E-state index in [2.05, 4.69) is 65.2 Å². The molecule has 3 aromatic rings. The van der Waals surface area contributed by atoms with E-state index in [1.54, 1.807) is 0 Å². The van der Waals surface area contributed by atoms with E-state index in [-0.39, 0.29) is 24.6 Å². The van der Waals surface area contributed by atoms with Gasteiger partial charge in [0, 0.05) is 19.0 Å². The van der Waals surface area contributed by atoms with Gasteiger partial charge in [0.25, 0.3) is 0 Å². The molecule has 2 N–H and O–H groups in total. The average molecular weight is 489 g/mol. The molecule has 2 fully saturated rings. The Bertz CT molecular complexity index is 1130. The zero-order valence-corrected chi connectivity index (χ0v) is 20.8. The van der Waals surface area contributed by atoms with Gasteiger partial charge in [-0.15, -0.1) is 0 Å². The third kappa shape index (κ3) is 6.44. The average Bonchev–Trinajstić information content (AvgIpc) is 2.95. The van der Waals surface area contributed by atoms with E-state index >= 15 is 0 Å². The lowest BCUT2D eigenvalue weighted by Crippen LogP contribution is -2.40. The highest BCUT2D eigenvalue weighted by Gasteiger charge is 2.27. The van der Waals surface area contributed by atoms with E-state index in [9.17, 15) is 4.79 Å². The summed E-state index contributed by atoms with van der Waals surface area (Å²) in [5.41, 5.74) is 2.46. The van der Waals surface area contributed by atoms with E-state index in [0.717, 1.165) is 44.6 Å². The molecule has 190 valence electrons. The first-order valence-corrected chi connectivity index (χ1v) is 13.2. The molecule has 0 bridgehead atoms. The molecule has 2 aliphatic heterocycles. The number of carbonyl (C=O) groups is 1. The topological polar surface area (TPSA) is 68.8 Å². The number of esters is 1. The minimum Gasteiger partial charge on any atom is -0.490 e. The number of hydrogen-bond acceptors (Lipinski definition) is 6. The summed E-state index contributed by atoms with van der Waals surface area (Å²) < 4.78 is 17.6. The highest BCUT2D eigenvalue weighted by Crippen LogP contribution is 2.30. The second kappa shape index (κ2) is 12.3. The van der Waals surface area contributed by atoms with Crippen molar-refractivity contribution in [2.24, 2.45) is 5.92 Å². The summed E-state index contributed by atoms with van der Waals surface area (Å²) >= 11 is 0. The molecule has 0 aliphatic carbocycles. The molecular weight excluding hydrogens is 452 g/mol. The number of ether oxygens (including phenoxy) is 3. The van der Waals surface area contributed by atoms with Gasteiger partial charge in [-0.2, -0.15) is 0 Å². The standard InChI is InChI=1S/C30H36N2O4/c33-30(26-6-3-14-31-19-26)35-17-16-34-27-11-9-24(10-12-27)28-13-15-32-20-29(28)36-21-22-7-8-23-4-1-2-5-25(23)18-22/h1-2,4-5,7-12,18,26,28-29,31-32H,3,6,13-17,19-21H2. The molecule has 3 unspecified atom stereocenters. The van der Waals surface area contributed by atoms with Crippen LogP contribution < -0.4 is 15.4 Å². The number of rotatable bonds is 9. The molecule has 2 saturated heterocycles. The van der Waals surface area contributed by atoms with Gasteiger partial charge in [0.1, 0.15) is 19.0 Å². The molecule has 3 atom stereocenters. The first-order valence-electron chi connectivity index (χ1n) is 13.2. The van der Waals surface area contributed by atoms with Gasteiger partial charge in [-0.25, -0.2) is 0 Å². The highest BCUT2D eigenvalue weighted by atomic mass is 16.6. The molecule has 0 aromatic heterocycles. The Morgan fingerprint density at radius 1 is 0.861 bits per heavy atom. The largest absolute Gasteiger partial charge is 0.490 e. The normalized spacial score (nSPS) is 22.3.